The molecule has 0 saturated carbocycles. The average Bonchev–Trinajstić information content (AvgIpc) is 2.43. The Morgan fingerprint density at radius 3 is 2.85 bits per heavy atom. The van der Waals surface area contributed by atoms with E-state index >= 15 is 0 Å². The van der Waals surface area contributed by atoms with E-state index in [-0.39, 0.29) is 12.4 Å². The van der Waals surface area contributed by atoms with Crippen LogP contribution in [0.5, 0.6) is 0 Å². The molecule has 1 aromatic carbocycles. The fourth-order valence-corrected chi connectivity index (χ4v) is 1.89. The summed E-state index contributed by atoms with van der Waals surface area (Å²) in [4.78, 5) is 8.64. The summed E-state index contributed by atoms with van der Waals surface area (Å²) >= 11 is 0. The van der Waals surface area contributed by atoms with Crippen molar-refractivity contribution in [1.82, 2.24) is 9.97 Å². The van der Waals surface area contributed by atoms with Crippen LogP contribution in [0.1, 0.15) is 22.5 Å². The number of nitrogens with zero attached hydrogens (tertiary/aromatic N) is 2. The molecule has 0 saturated heterocycles. The number of aromatic nitrogens is 2. The van der Waals surface area contributed by atoms with Crippen molar-refractivity contribution in [3.05, 3.63) is 52.7 Å². The summed E-state index contributed by atoms with van der Waals surface area (Å²) in [5.74, 6) is 0.504. The Morgan fingerprint density at radius 2 is 2.10 bits per heavy atom. The monoisotopic (exact) mass is 275 g/mol. The first-order valence-corrected chi connectivity index (χ1v) is 6.40. The first-order chi connectivity index (χ1) is 9.60. The van der Waals surface area contributed by atoms with Crippen LogP contribution in [0.15, 0.2) is 24.4 Å². The molecule has 0 fully saturated rings. The number of rotatable bonds is 5. The highest BCUT2D eigenvalue weighted by Gasteiger charge is 2.05. The molecule has 0 aliphatic heterocycles. The number of methoxy groups -OCH3 is 1. The maximum atomic E-state index is 13.5. The van der Waals surface area contributed by atoms with E-state index in [9.17, 15) is 4.39 Å². The number of anilines is 1. The molecule has 0 aliphatic carbocycles. The van der Waals surface area contributed by atoms with Crippen molar-refractivity contribution in [2.75, 3.05) is 12.4 Å². The van der Waals surface area contributed by atoms with Gasteiger partial charge in [0.15, 0.2) is 0 Å². The van der Waals surface area contributed by atoms with Gasteiger partial charge in [0.1, 0.15) is 11.6 Å². The Morgan fingerprint density at radius 1 is 1.30 bits per heavy atom. The van der Waals surface area contributed by atoms with Crippen LogP contribution in [0.3, 0.4) is 0 Å². The fraction of sp³-hybridized carbons (Fsp3) is 0.333. The number of benzene rings is 1. The zero-order valence-electron chi connectivity index (χ0n) is 11.9. The summed E-state index contributed by atoms with van der Waals surface area (Å²) < 4.78 is 18.5. The Labute approximate surface area is 118 Å². The van der Waals surface area contributed by atoms with Crippen molar-refractivity contribution in [2.45, 2.75) is 27.0 Å². The predicted octanol–water partition coefficient (Wildman–Crippen LogP) is 2.99. The van der Waals surface area contributed by atoms with Crippen molar-refractivity contribution in [3.8, 4) is 0 Å². The third-order valence-corrected chi connectivity index (χ3v) is 2.95. The molecule has 5 heteroatoms. The van der Waals surface area contributed by atoms with E-state index in [1.165, 1.54) is 6.07 Å². The van der Waals surface area contributed by atoms with Crippen LogP contribution in [0.25, 0.3) is 0 Å². The Balaban J connectivity index is 2.10. The third kappa shape index (κ3) is 3.51. The van der Waals surface area contributed by atoms with Crippen molar-refractivity contribution in [1.29, 1.82) is 0 Å². The van der Waals surface area contributed by atoms with Gasteiger partial charge in [0, 0.05) is 25.4 Å². The van der Waals surface area contributed by atoms with E-state index in [2.05, 4.69) is 15.3 Å². The van der Waals surface area contributed by atoms with E-state index in [1.54, 1.807) is 25.4 Å². The number of hydrogen-bond acceptors (Lipinski definition) is 4. The minimum atomic E-state index is -0.248. The highest BCUT2D eigenvalue weighted by Crippen LogP contribution is 2.14. The largest absolute Gasteiger partial charge is 0.380 e. The van der Waals surface area contributed by atoms with Crippen molar-refractivity contribution in [2.24, 2.45) is 0 Å². The number of aryl methyl sites for hydroxylation is 2. The molecule has 0 radical (unpaired) electrons. The van der Waals surface area contributed by atoms with Crippen LogP contribution in [0, 0.1) is 19.7 Å². The van der Waals surface area contributed by atoms with Gasteiger partial charge in [-0.1, -0.05) is 6.07 Å². The molecule has 106 valence electrons. The van der Waals surface area contributed by atoms with Crippen molar-refractivity contribution >= 4 is 5.82 Å². The number of nitrogens with one attached hydrogen (secondary N) is 1. The van der Waals surface area contributed by atoms with E-state index in [0.717, 1.165) is 22.8 Å². The van der Waals surface area contributed by atoms with Crippen molar-refractivity contribution < 1.29 is 9.13 Å². The maximum absolute atomic E-state index is 13.5. The van der Waals surface area contributed by atoms with Crippen LogP contribution in [0.4, 0.5) is 10.2 Å². The van der Waals surface area contributed by atoms with Gasteiger partial charge in [-0.05, 0) is 31.5 Å². The van der Waals surface area contributed by atoms with Crippen LogP contribution in [-0.2, 0) is 17.9 Å². The predicted molar refractivity (Wildman–Crippen MR) is 75.9 cm³/mol. The Bertz CT molecular complexity index is 602. The number of ether oxygens (including phenoxy) is 1. The van der Waals surface area contributed by atoms with Crippen LogP contribution in [-0.4, -0.2) is 17.1 Å². The zero-order chi connectivity index (χ0) is 14.5. The summed E-state index contributed by atoms with van der Waals surface area (Å²) in [6, 6.07) is 5.00. The van der Waals surface area contributed by atoms with Gasteiger partial charge in [-0.2, -0.15) is 0 Å². The molecule has 20 heavy (non-hydrogen) atoms. The number of hydrogen-bond donors (Lipinski definition) is 1. The molecule has 0 atom stereocenters. The minimum absolute atomic E-state index is 0.248. The molecule has 0 aliphatic rings. The zero-order valence-corrected chi connectivity index (χ0v) is 11.9. The smallest absolute Gasteiger partial charge is 0.148 e. The van der Waals surface area contributed by atoms with Gasteiger partial charge < -0.3 is 10.1 Å². The first kappa shape index (κ1) is 14.4. The highest BCUT2D eigenvalue weighted by atomic mass is 19.1. The Hall–Kier alpha value is -2.01. The second-order valence-electron chi connectivity index (χ2n) is 4.66. The molecule has 2 aromatic rings. The van der Waals surface area contributed by atoms with Crippen LogP contribution < -0.4 is 5.32 Å². The SMILES string of the molecule is COCc1cc(CNc2nc(C)cnc2C)ccc1F. The summed E-state index contributed by atoms with van der Waals surface area (Å²) in [5.41, 5.74) is 3.23. The topological polar surface area (TPSA) is 47.0 Å². The average molecular weight is 275 g/mol. The standard InChI is InChI=1S/C15H18FN3O/c1-10-7-17-11(2)15(19-10)18-8-12-4-5-14(16)13(6-12)9-20-3/h4-7H,8-9H2,1-3H3,(H,18,19). The summed E-state index contributed by atoms with van der Waals surface area (Å²) in [6.07, 6.45) is 1.73. The van der Waals surface area contributed by atoms with Gasteiger partial charge >= 0.3 is 0 Å². The van der Waals surface area contributed by atoms with Gasteiger partial charge in [-0.15, -0.1) is 0 Å². The van der Waals surface area contributed by atoms with Gasteiger partial charge in [0.2, 0.25) is 0 Å². The quantitative estimate of drug-likeness (QED) is 0.911. The molecule has 4 nitrogen and oxygen atoms in total. The number of halogens is 1. The highest BCUT2D eigenvalue weighted by molar-refractivity contribution is 5.40. The molecule has 0 unspecified atom stereocenters. The van der Waals surface area contributed by atoms with Crippen LogP contribution >= 0.6 is 0 Å². The molecular formula is C15H18FN3O. The first-order valence-electron chi connectivity index (χ1n) is 6.40. The molecule has 1 heterocycles. The van der Waals surface area contributed by atoms with E-state index in [4.69, 9.17) is 4.74 Å². The van der Waals surface area contributed by atoms with Gasteiger partial charge in [-0.25, -0.2) is 9.37 Å². The lowest BCUT2D eigenvalue weighted by Crippen LogP contribution is -2.06. The molecule has 0 bridgehead atoms. The lowest BCUT2D eigenvalue weighted by atomic mass is 10.1. The molecule has 1 aromatic heterocycles. The molecule has 2 rings (SSSR count). The second kappa shape index (κ2) is 6.43. The van der Waals surface area contributed by atoms with Gasteiger partial charge in [0.05, 0.1) is 18.0 Å². The molecule has 0 amide bonds. The lowest BCUT2D eigenvalue weighted by molar-refractivity contribution is 0.181. The van der Waals surface area contributed by atoms with Gasteiger partial charge in [0.25, 0.3) is 0 Å². The van der Waals surface area contributed by atoms with E-state index in [1.807, 2.05) is 13.8 Å². The van der Waals surface area contributed by atoms with Crippen molar-refractivity contribution in [3.63, 3.8) is 0 Å². The van der Waals surface area contributed by atoms with E-state index in [0.29, 0.717) is 12.1 Å². The molecule has 1 N–H and O–H groups in total. The normalized spacial score (nSPS) is 10.6. The van der Waals surface area contributed by atoms with Gasteiger partial charge in [-0.3, -0.25) is 4.98 Å². The van der Waals surface area contributed by atoms with E-state index < -0.39 is 0 Å². The molecule has 0 spiro atoms. The molecular weight excluding hydrogens is 257 g/mol. The summed E-state index contributed by atoms with van der Waals surface area (Å²) in [7, 11) is 1.55. The van der Waals surface area contributed by atoms with Crippen LogP contribution in [0.2, 0.25) is 0 Å². The maximum Gasteiger partial charge on any atom is 0.148 e. The summed E-state index contributed by atoms with van der Waals surface area (Å²) in [5, 5.41) is 3.22. The fourth-order valence-electron chi connectivity index (χ4n) is 1.89. The minimum Gasteiger partial charge on any atom is -0.380 e. The lowest BCUT2D eigenvalue weighted by Gasteiger charge is -2.10. The second-order valence-corrected chi connectivity index (χ2v) is 4.66. The Kier molecular flexibility index (Phi) is 4.63. The summed E-state index contributed by atoms with van der Waals surface area (Å²) in [6.45, 7) is 4.63. The third-order valence-electron chi connectivity index (χ3n) is 2.95.